The van der Waals surface area contributed by atoms with Gasteiger partial charge in [0.25, 0.3) is 0 Å². The van der Waals surface area contributed by atoms with E-state index < -0.39 is 6.04 Å². The molecule has 1 aliphatic carbocycles. The summed E-state index contributed by atoms with van der Waals surface area (Å²) in [5, 5.41) is 5.17. The van der Waals surface area contributed by atoms with Gasteiger partial charge in [-0.25, -0.2) is 0 Å². The molecule has 0 aliphatic heterocycles. The van der Waals surface area contributed by atoms with Crippen molar-refractivity contribution in [1.29, 1.82) is 0 Å². The predicted molar refractivity (Wildman–Crippen MR) is 149 cm³/mol. The van der Waals surface area contributed by atoms with Crippen molar-refractivity contribution in [3.63, 3.8) is 0 Å². The van der Waals surface area contributed by atoms with Crippen LogP contribution in [0.2, 0.25) is 20.1 Å². The van der Waals surface area contributed by atoms with Gasteiger partial charge in [-0.15, -0.1) is 11.8 Å². The molecule has 0 bridgehead atoms. The number of halogens is 4. The second-order valence-electron chi connectivity index (χ2n) is 8.77. The fourth-order valence-corrected chi connectivity index (χ4v) is 5.91. The third-order valence-electron chi connectivity index (χ3n) is 6.17. The molecule has 35 heavy (non-hydrogen) atoms. The lowest BCUT2D eigenvalue weighted by Crippen LogP contribution is -2.52. The van der Waals surface area contributed by atoms with Crippen LogP contribution in [0.1, 0.15) is 56.6 Å². The Kier molecular flexibility index (Phi) is 11.4. The normalized spacial score (nSPS) is 15.0. The standard InChI is InChI=1S/C26H30Cl4N2O2S/c1-2-24(26(34)31-20-6-4-3-5-7-20)32(14-18-9-10-19(27)13-22(18)29)25(33)16-35-15-17-8-11-21(28)23(30)12-17/h8-13,20,24H,2-7,14-16H2,1H3,(H,31,34)/t24-/m1/s1. The molecule has 4 nitrogen and oxygen atoms in total. The highest BCUT2D eigenvalue weighted by Crippen LogP contribution is 2.27. The van der Waals surface area contributed by atoms with Gasteiger partial charge in [-0.2, -0.15) is 0 Å². The molecule has 1 N–H and O–H groups in total. The molecule has 0 unspecified atom stereocenters. The minimum absolute atomic E-state index is 0.104. The van der Waals surface area contributed by atoms with Crippen LogP contribution in [0, 0.1) is 0 Å². The first-order valence-corrected chi connectivity index (χ1v) is 14.5. The molecule has 0 spiro atoms. The number of carbonyl (C=O) groups is 2. The van der Waals surface area contributed by atoms with Crippen LogP contribution in [-0.4, -0.2) is 34.6 Å². The Morgan fingerprint density at radius 1 is 1.00 bits per heavy atom. The molecule has 2 aromatic rings. The fourth-order valence-electron chi connectivity index (χ4n) is 4.27. The molecule has 0 aromatic heterocycles. The lowest BCUT2D eigenvalue weighted by atomic mass is 9.95. The first kappa shape index (κ1) is 28.5. The number of hydrogen-bond donors (Lipinski definition) is 1. The van der Waals surface area contributed by atoms with Crippen molar-refractivity contribution in [2.45, 2.75) is 69.8 Å². The molecular weight excluding hydrogens is 546 g/mol. The summed E-state index contributed by atoms with van der Waals surface area (Å²) in [5.41, 5.74) is 1.73. The number of amides is 2. The average molecular weight is 576 g/mol. The number of thioether (sulfide) groups is 1. The second-order valence-corrected chi connectivity index (χ2v) is 11.4. The Hall–Kier alpha value is -1.11. The van der Waals surface area contributed by atoms with E-state index in [4.69, 9.17) is 46.4 Å². The maximum absolute atomic E-state index is 13.4. The Labute approximate surface area is 232 Å². The molecule has 0 saturated heterocycles. The van der Waals surface area contributed by atoms with E-state index in [1.54, 1.807) is 35.2 Å². The van der Waals surface area contributed by atoms with Gasteiger partial charge in [0, 0.05) is 28.4 Å². The van der Waals surface area contributed by atoms with E-state index in [0.29, 0.717) is 32.3 Å². The van der Waals surface area contributed by atoms with Crippen molar-refractivity contribution in [3.8, 4) is 0 Å². The zero-order chi connectivity index (χ0) is 25.4. The van der Waals surface area contributed by atoms with Gasteiger partial charge in [0.05, 0.1) is 15.8 Å². The average Bonchev–Trinajstić information content (AvgIpc) is 2.83. The number of nitrogens with zero attached hydrogens (tertiary/aromatic N) is 1. The smallest absolute Gasteiger partial charge is 0.243 e. The zero-order valence-corrected chi connectivity index (χ0v) is 23.5. The SMILES string of the molecule is CC[C@H](C(=O)NC1CCCCC1)N(Cc1ccc(Cl)cc1Cl)C(=O)CSCc1ccc(Cl)c(Cl)c1. The van der Waals surface area contributed by atoms with Crippen LogP contribution in [0.3, 0.4) is 0 Å². The van der Waals surface area contributed by atoms with Gasteiger partial charge in [-0.3, -0.25) is 9.59 Å². The summed E-state index contributed by atoms with van der Waals surface area (Å²) >= 11 is 26.1. The van der Waals surface area contributed by atoms with Gasteiger partial charge in [-0.1, -0.05) is 84.7 Å². The minimum atomic E-state index is -0.582. The minimum Gasteiger partial charge on any atom is -0.352 e. The summed E-state index contributed by atoms with van der Waals surface area (Å²) in [6.45, 7) is 2.16. The zero-order valence-electron chi connectivity index (χ0n) is 19.7. The molecule has 0 heterocycles. The first-order valence-electron chi connectivity index (χ1n) is 11.8. The van der Waals surface area contributed by atoms with E-state index in [0.717, 1.165) is 36.8 Å². The predicted octanol–water partition coefficient (Wildman–Crippen LogP) is 7.79. The van der Waals surface area contributed by atoms with E-state index in [1.165, 1.54) is 18.2 Å². The van der Waals surface area contributed by atoms with Crippen LogP contribution in [0.25, 0.3) is 0 Å². The van der Waals surface area contributed by atoms with Crippen LogP contribution < -0.4 is 5.32 Å². The Morgan fingerprint density at radius 3 is 2.40 bits per heavy atom. The molecule has 1 atom stereocenters. The molecule has 3 rings (SSSR count). The highest BCUT2D eigenvalue weighted by Gasteiger charge is 2.30. The quantitative estimate of drug-likeness (QED) is 0.314. The van der Waals surface area contributed by atoms with Crippen molar-refractivity contribution >= 4 is 70.0 Å². The van der Waals surface area contributed by atoms with E-state index in [1.807, 2.05) is 13.0 Å². The molecule has 2 amide bonds. The van der Waals surface area contributed by atoms with Gasteiger partial charge in [0.1, 0.15) is 6.04 Å². The molecular formula is C26H30Cl4N2O2S. The van der Waals surface area contributed by atoms with Crippen LogP contribution in [-0.2, 0) is 21.9 Å². The van der Waals surface area contributed by atoms with Gasteiger partial charge >= 0.3 is 0 Å². The summed E-state index contributed by atoms with van der Waals surface area (Å²) in [5.74, 6) is 0.598. The molecule has 9 heteroatoms. The van der Waals surface area contributed by atoms with Crippen LogP contribution in [0.4, 0.5) is 0 Å². The largest absolute Gasteiger partial charge is 0.352 e. The van der Waals surface area contributed by atoms with Gasteiger partial charge in [0.2, 0.25) is 11.8 Å². The van der Waals surface area contributed by atoms with Crippen LogP contribution in [0.5, 0.6) is 0 Å². The van der Waals surface area contributed by atoms with Crippen molar-refractivity contribution < 1.29 is 9.59 Å². The number of carbonyl (C=O) groups excluding carboxylic acids is 2. The Balaban J connectivity index is 1.73. The third-order valence-corrected chi connectivity index (χ3v) is 8.49. The van der Waals surface area contributed by atoms with E-state index in [2.05, 4.69) is 5.32 Å². The molecule has 190 valence electrons. The van der Waals surface area contributed by atoms with E-state index in [9.17, 15) is 9.59 Å². The Morgan fingerprint density at radius 2 is 1.74 bits per heavy atom. The summed E-state index contributed by atoms with van der Waals surface area (Å²) in [6.07, 6.45) is 5.93. The Bertz CT molecular complexity index is 1030. The highest BCUT2D eigenvalue weighted by atomic mass is 35.5. The van der Waals surface area contributed by atoms with Gasteiger partial charge in [-0.05, 0) is 54.7 Å². The molecule has 2 aromatic carbocycles. The van der Waals surface area contributed by atoms with Gasteiger partial charge < -0.3 is 10.2 Å². The molecule has 1 fully saturated rings. The summed E-state index contributed by atoms with van der Waals surface area (Å²) in [7, 11) is 0. The number of rotatable bonds is 10. The molecule has 0 radical (unpaired) electrons. The highest BCUT2D eigenvalue weighted by molar-refractivity contribution is 7.99. The van der Waals surface area contributed by atoms with E-state index in [-0.39, 0.29) is 30.2 Å². The molecule has 1 aliphatic rings. The summed E-state index contributed by atoms with van der Waals surface area (Å²) < 4.78 is 0. The lowest BCUT2D eigenvalue weighted by molar-refractivity contribution is -0.139. The number of benzene rings is 2. The lowest BCUT2D eigenvalue weighted by Gasteiger charge is -2.33. The monoisotopic (exact) mass is 574 g/mol. The first-order chi connectivity index (χ1) is 16.8. The maximum atomic E-state index is 13.4. The van der Waals surface area contributed by atoms with E-state index >= 15 is 0 Å². The number of nitrogens with one attached hydrogen (secondary N) is 1. The van der Waals surface area contributed by atoms with Crippen molar-refractivity contribution in [1.82, 2.24) is 10.2 Å². The summed E-state index contributed by atoms with van der Waals surface area (Å²) in [4.78, 5) is 28.4. The summed E-state index contributed by atoms with van der Waals surface area (Å²) in [6, 6.07) is 10.2. The van der Waals surface area contributed by atoms with Crippen LogP contribution >= 0.6 is 58.2 Å². The number of hydrogen-bond acceptors (Lipinski definition) is 3. The van der Waals surface area contributed by atoms with Crippen molar-refractivity contribution in [2.24, 2.45) is 0 Å². The second kappa shape index (κ2) is 14.0. The maximum Gasteiger partial charge on any atom is 0.243 e. The van der Waals surface area contributed by atoms with Crippen LogP contribution in [0.15, 0.2) is 36.4 Å². The topological polar surface area (TPSA) is 49.4 Å². The third kappa shape index (κ3) is 8.46. The van der Waals surface area contributed by atoms with Crippen molar-refractivity contribution in [3.05, 3.63) is 67.6 Å². The van der Waals surface area contributed by atoms with Gasteiger partial charge in [0.15, 0.2) is 0 Å². The molecule has 1 saturated carbocycles. The fraction of sp³-hybridized carbons (Fsp3) is 0.462. The van der Waals surface area contributed by atoms with Crippen molar-refractivity contribution in [2.75, 3.05) is 5.75 Å².